The highest BCUT2D eigenvalue weighted by Crippen LogP contribution is 2.32. The van der Waals surface area contributed by atoms with Crippen LogP contribution in [0, 0.1) is 11.8 Å². The van der Waals surface area contributed by atoms with Crippen molar-refractivity contribution in [1.82, 2.24) is 4.57 Å². The van der Waals surface area contributed by atoms with E-state index in [0.29, 0.717) is 18.5 Å². The average molecular weight is 362 g/mol. The Labute approximate surface area is 157 Å². The van der Waals surface area contributed by atoms with Gasteiger partial charge >= 0.3 is 5.97 Å². The number of nitrogens with zero attached hydrogens (tertiary/aromatic N) is 1. The first kappa shape index (κ1) is 17.3. The van der Waals surface area contributed by atoms with Crippen LogP contribution in [0.2, 0.25) is 0 Å². The van der Waals surface area contributed by atoms with Crippen LogP contribution in [0.15, 0.2) is 54.6 Å². The second-order valence-corrected chi connectivity index (χ2v) is 6.98. The fourth-order valence-corrected chi connectivity index (χ4v) is 4.08. The number of hydrogen-bond donors (Lipinski definition) is 2. The number of anilines is 1. The third-order valence-electron chi connectivity index (χ3n) is 5.44. The molecule has 3 aromatic rings. The van der Waals surface area contributed by atoms with Crippen molar-refractivity contribution in [2.45, 2.75) is 26.3 Å². The van der Waals surface area contributed by atoms with E-state index in [1.54, 1.807) is 0 Å². The lowest BCUT2D eigenvalue weighted by atomic mass is 9.82. The number of para-hydroxylation sites is 1. The normalized spacial score (nSPS) is 19.4. The van der Waals surface area contributed by atoms with Gasteiger partial charge in [-0.1, -0.05) is 30.4 Å². The lowest BCUT2D eigenvalue weighted by Gasteiger charge is -2.24. The minimum atomic E-state index is -0.916. The van der Waals surface area contributed by atoms with Gasteiger partial charge in [0.15, 0.2) is 0 Å². The van der Waals surface area contributed by atoms with Gasteiger partial charge in [-0.3, -0.25) is 9.59 Å². The summed E-state index contributed by atoms with van der Waals surface area (Å²) in [7, 11) is 0. The van der Waals surface area contributed by atoms with E-state index in [1.807, 2.05) is 42.5 Å². The summed E-state index contributed by atoms with van der Waals surface area (Å²) >= 11 is 0. The van der Waals surface area contributed by atoms with E-state index in [-0.39, 0.29) is 5.91 Å². The summed E-state index contributed by atoms with van der Waals surface area (Å²) in [5, 5.41) is 14.6. The summed E-state index contributed by atoms with van der Waals surface area (Å²) in [4.78, 5) is 24.2. The van der Waals surface area contributed by atoms with E-state index >= 15 is 0 Å². The van der Waals surface area contributed by atoms with E-state index in [9.17, 15) is 14.7 Å². The number of amides is 1. The van der Waals surface area contributed by atoms with Crippen LogP contribution >= 0.6 is 0 Å². The highest BCUT2D eigenvalue weighted by molar-refractivity contribution is 6.10. The molecule has 0 radical (unpaired) electrons. The maximum Gasteiger partial charge on any atom is 0.307 e. The number of nitrogens with one attached hydrogen (secondary N) is 1. The summed E-state index contributed by atoms with van der Waals surface area (Å²) in [6, 6.07) is 14.1. The molecule has 1 aliphatic rings. The maximum atomic E-state index is 12.7. The number of carbonyl (C=O) groups is 2. The van der Waals surface area contributed by atoms with Crippen LogP contribution < -0.4 is 5.32 Å². The molecule has 0 fully saturated rings. The number of allylic oxidation sites excluding steroid dienone is 2. The van der Waals surface area contributed by atoms with E-state index < -0.39 is 17.8 Å². The Kier molecular flexibility index (Phi) is 4.44. The number of aromatic nitrogens is 1. The Morgan fingerprint density at radius 2 is 1.74 bits per heavy atom. The maximum absolute atomic E-state index is 12.7. The fourth-order valence-electron chi connectivity index (χ4n) is 4.08. The van der Waals surface area contributed by atoms with Gasteiger partial charge in [-0.05, 0) is 44.0 Å². The molecule has 0 aliphatic heterocycles. The zero-order valence-electron chi connectivity index (χ0n) is 15.2. The topological polar surface area (TPSA) is 71.3 Å². The highest BCUT2D eigenvalue weighted by atomic mass is 16.4. The molecule has 138 valence electrons. The average Bonchev–Trinajstić information content (AvgIpc) is 3.01. The van der Waals surface area contributed by atoms with Gasteiger partial charge in [0.2, 0.25) is 5.91 Å². The molecule has 1 amide bonds. The van der Waals surface area contributed by atoms with Gasteiger partial charge in [0.05, 0.1) is 11.8 Å². The Balaban J connectivity index is 1.68. The predicted molar refractivity (Wildman–Crippen MR) is 107 cm³/mol. The predicted octanol–water partition coefficient (Wildman–Crippen LogP) is 4.42. The van der Waals surface area contributed by atoms with Gasteiger partial charge in [0.25, 0.3) is 0 Å². The van der Waals surface area contributed by atoms with E-state index in [0.717, 1.165) is 22.8 Å². The first-order valence-corrected chi connectivity index (χ1v) is 9.29. The Bertz CT molecular complexity index is 1060. The second kappa shape index (κ2) is 6.91. The molecule has 5 nitrogen and oxygen atoms in total. The zero-order chi connectivity index (χ0) is 19.0. The van der Waals surface area contributed by atoms with Crippen LogP contribution in [0.25, 0.3) is 21.8 Å². The van der Waals surface area contributed by atoms with Crippen molar-refractivity contribution >= 4 is 39.4 Å². The molecule has 27 heavy (non-hydrogen) atoms. The third-order valence-corrected chi connectivity index (χ3v) is 5.44. The van der Waals surface area contributed by atoms with Gasteiger partial charge in [0.1, 0.15) is 0 Å². The van der Waals surface area contributed by atoms with Crippen molar-refractivity contribution < 1.29 is 14.7 Å². The molecule has 1 heterocycles. The first-order valence-electron chi connectivity index (χ1n) is 9.29. The Morgan fingerprint density at radius 1 is 1.04 bits per heavy atom. The lowest BCUT2D eigenvalue weighted by molar-refractivity contribution is -0.146. The van der Waals surface area contributed by atoms with Gasteiger partial charge in [0, 0.05) is 34.0 Å². The Hall–Kier alpha value is -3.08. The molecule has 0 spiro atoms. The van der Waals surface area contributed by atoms with Crippen molar-refractivity contribution in [2.24, 2.45) is 11.8 Å². The molecule has 0 bridgehead atoms. The van der Waals surface area contributed by atoms with Crippen LogP contribution in [0.4, 0.5) is 5.69 Å². The van der Waals surface area contributed by atoms with Crippen molar-refractivity contribution in [2.75, 3.05) is 5.32 Å². The van der Waals surface area contributed by atoms with Gasteiger partial charge in [-0.25, -0.2) is 0 Å². The molecule has 0 saturated heterocycles. The van der Waals surface area contributed by atoms with E-state index in [4.69, 9.17) is 0 Å². The Morgan fingerprint density at radius 3 is 2.48 bits per heavy atom. The van der Waals surface area contributed by atoms with Crippen molar-refractivity contribution in [3.8, 4) is 0 Å². The van der Waals surface area contributed by atoms with Crippen molar-refractivity contribution in [3.63, 3.8) is 0 Å². The van der Waals surface area contributed by atoms with Gasteiger partial charge in [-0.2, -0.15) is 0 Å². The summed E-state index contributed by atoms with van der Waals surface area (Å²) in [5.74, 6) is -2.35. The molecule has 2 aromatic carbocycles. The minimum absolute atomic E-state index is 0.231. The molecule has 2 N–H and O–H groups in total. The molecule has 0 saturated carbocycles. The van der Waals surface area contributed by atoms with Gasteiger partial charge < -0.3 is 15.0 Å². The first-order chi connectivity index (χ1) is 13.1. The number of aliphatic carboxylic acids is 1. The van der Waals surface area contributed by atoms with Crippen LogP contribution in [0.5, 0.6) is 0 Å². The number of hydrogen-bond acceptors (Lipinski definition) is 2. The van der Waals surface area contributed by atoms with Crippen molar-refractivity contribution in [3.05, 3.63) is 54.6 Å². The van der Waals surface area contributed by atoms with Crippen molar-refractivity contribution in [1.29, 1.82) is 0 Å². The second-order valence-electron chi connectivity index (χ2n) is 6.98. The molecule has 2 atom stereocenters. The number of carboxylic acids is 1. The van der Waals surface area contributed by atoms with E-state index in [1.165, 1.54) is 5.52 Å². The third kappa shape index (κ3) is 2.99. The summed E-state index contributed by atoms with van der Waals surface area (Å²) in [6.45, 7) is 2.98. The number of benzene rings is 2. The summed E-state index contributed by atoms with van der Waals surface area (Å²) < 4.78 is 2.25. The lowest BCUT2D eigenvalue weighted by Crippen LogP contribution is -2.34. The van der Waals surface area contributed by atoms with Crippen LogP contribution in [0.1, 0.15) is 19.8 Å². The van der Waals surface area contributed by atoms with Crippen LogP contribution in [-0.4, -0.2) is 21.6 Å². The van der Waals surface area contributed by atoms with Crippen LogP contribution in [0.3, 0.4) is 0 Å². The summed E-state index contributed by atoms with van der Waals surface area (Å²) in [6.07, 6.45) is 4.59. The minimum Gasteiger partial charge on any atom is -0.481 e. The monoisotopic (exact) mass is 362 g/mol. The molecule has 1 aliphatic carbocycles. The molecular weight excluding hydrogens is 340 g/mol. The molecule has 0 unspecified atom stereocenters. The smallest absolute Gasteiger partial charge is 0.307 e. The molecular formula is C22H22N2O3. The number of rotatable bonds is 4. The highest BCUT2D eigenvalue weighted by Gasteiger charge is 2.34. The van der Waals surface area contributed by atoms with Crippen LogP contribution in [-0.2, 0) is 16.1 Å². The SMILES string of the molecule is CCn1c2ccccc2c2cc(NC(=O)[C@H]3CC=CC[C@H]3C(=O)O)ccc21. The molecule has 1 aromatic heterocycles. The van der Waals surface area contributed by atoms with E-state index in [2.05, 4.69) is 28.9 Å². The number of carbonyl (C=O) groups excluding carboxylic acids is 1. The number of carboxylic acid groups (broad SMARTS) is 1. The molecule has 4 rings (SSSR count). The molecule has 5 heteroatoms. The number of aryl methyl sites for hydroxylation is 1. The fraction of sp³-hybridized carbons (Fsp3) is 0.273. The quantitative estimate of drug-likeness (QED) is 0.675. The largest absolute Gasteiger partial charge is 0.481 e. The standard InChI is InChI=1S/C22H22N2O3/c1-2-24-19-10-6-5-7-15(19)18-13-14(11-12-20(18)24)23-21(25)16-8-3-4-9-17(16)22(26)27/h3-7,10-13,16-17H,2,8-9H2,1H3,(H,23,25)(H,26,27)/t16-,17+/m0/s1. The summed E-state index contributed by atoms with van der Waals surface area (Å²) in [5.41, 5.74) is 2.99. The zero-order valence-corrected chi connectivity index (χ0v) is 15.2. The number of fused-ring (bicyclic) bond motifs is 3. The van der Waals surface area contributed by atoms with Gasteiger partial charge in [-0.15, -0.1) is 0 Å².